The smallest absolute Gasteiger partial charge is 0.164 e. The van der Waals surface area contributed by atoms with Gasteiger partial charge in [-0.1, -0.05) is 13.8 Å². The van der Waals surface area contributed by atoms with Crippen molar-refractivity contribution in [2.24, 2.45) is 0 Å². The first-order valence-electron chi connectivity index (χ1n) is 4.51. The van der Waals surface area contributed by atoms with Gasteiger partial charge in [0.25, 0.3) is 0 Å². The third kappa shape index (κ3) is 1.97. The van der Waals surface area contributed by atoms with E-state index in [4.69, 9.17) is 9.47 Å². The zero-order valence-corrected chi connectivity index (χ0v) is 8.93. The van der Waals surface area contributed by atoms with E-state index < -0.39 is 0 Å². The Labute approximate surface area is 83.6 Å². The van der Waals surface area contributed by atoms with Crippen molar-refractivity contribution in [3.8, 4) is 11.5 Å². The van der Waals surface area contributed by atoms with E-state index in [1.165, 1.54) is 19.2 Å². The molecular formula is C11H15FO2. The summed E-state index contributed by atoms with van der Waals surface area (Å²) in [6.45, 7) is 3.97. The minimum Gasteiger partial charge on any atom is -0.493 e. The van der Waals surface area contributed by atoms with E-state index >= 15 is 0 Å². The predicted octanol–water partition coefficient (Wildman–Crippen LogP) is 2.97. The number of hydrogen-bond acceptors (Lipinski definition) is 2. The lowest BCUT2D eigenvalue weighted by molar-refractivity contribution is 0.347. The maximum Gasteiger partial charge on any atom is 0.164 e. The molecule has 1 aromatic rings. The first-order valence-corrected chi connectivity index (χ1v) is 4.51. The lowest BCUT2D eigenvalue weighted by Crippen LogP contribution is -1.98. The van der Waals surface area contributed by atoms with E-state index in [0.29, 0.717) is 11.5 Å². The van der Waals surface area contributed by atoms with E-state index in [9.17, 15) is 4.39 Å². The Kier molecular flexibility index (Phi) is 3.33. The van der Waals surface area contributed by atoms with Crippen molar-refractivity contribution in [1.29, 1.82) is 0 Å². The summed E-state index contributed by atoms with van der Waals surface area (Å²) in [5.74, 6) is 0.959. The van der Waals surface area contributed by atoms with Crippen LogP contribution in [0, 0.1) is 5.82 Å². The number of benzene rings is 1. The molecule has 0 bridgehead atoms. The molecule has 0 amide bonds. The van der Waals surface area contributed by atoms with Gasteiger partial charge >= 0.3 is 0 Å². The molecule has 2 nitrogen and oxygen atoms in total. The number of methoxy groups -OCH3 is 2. The van der Waals surface area contributed by atoms with Crippen LogP contribution in [-0.2, 0) is 0 Å². The third-order valence-electron chi connectivity index (χ3n) is 2.09. The van der Waals surface area contributed by atoms with Crippen LogP contribution in [0.25, 0.3) is 0 Å². The standard InChI is InChI=1S/C11H15FO2/c1-7(2)9-5-8(12)6-10(13-3)11(9)14-4/h5-7H,1-4H3. The van der Waals surface area contributed by atoms with Crippen LogP contribution in [0.4, 0.5) is 4.39 Å². The average molecular weight is 198 g/mol. The minimum atomic E-state index is -0.300. The second-order valence-corrected chi connectivity index (χ2v) is 3.39. The molecule has 0 saturated heterocycles. The number of ether oxygens (including phenoxy) is 2. The highest BCUT2D eigenvalue weighted by Crippen LogP contribution is 2.36. The normalized spacial score (nSPS) is 10.4. The molecule has 0 aliphatic carbocycles. The summed E-state index contributed by atoms with van der Waals surface area (Å²) in [7, 11) is 3.06. The van der Waals surface area contributed by atoms with Gasteiger partial charge in [0, 0.05) is 11.6 Å². The van der Waals surface area contributed by atoms with Gasteiger partial charge in [-0.2, -0.15) is 0 Å². The van der Waals surface area contributed by atoms with Gasteiger partial charge in [-0.05, 0) is 12.0 Å². The van der Waals surface area contributed by atoms with Gasteiger partial charge in [0.2, 0.25) is 0 Å². The van der Waals surface area contributed by atoms with Crippen molar-refractivity contribution in [1.82, 2.24) is 0 Å². The van der Waals surface area contributed by atoms with Crippen LogP contribution in [0.1, 0.15) is 25.3 Å². The van der Waals surface area contributed by atoms with Crippen LogP contribution in [0.2, 0.25) is 0 Å². The fourth-order valence-corrected chi connectivity index (χ4v) is 1.39. The van der Waals surface area contributed by atoms with Crippen molar-refractivity contribution < 1.29 is 13.9 Å². The Morgan fingerprint density at radius 2 is 1.79 bits per heavy atom. The fourth-order valence-electron chi connectivity index (χ4n) is 1.39. The van der Waals surface area contributed by atoms with Gasteiger partial charge in [0.1, 0.15) is 5.82 Å². The molecule has 0 atom stereocenters. The molecule has 1 aromatic carbocycles. The lowest BCUT2D eigenvalue weighted by atomic mass is 10.0. The lowest BCUT2D eigenvalue weighted by Gasteiger charge is -2.15. The molecule has 0 aliphatic heterocycles. The van der Waals surface area contributed by atoms with Crippen molar-refractivity contribution >= 4 is 0 Å². The molecule has 0 aromatic heterocycles. The van der Waals surface area contributed by atoms with Crippen LogP contribution in [-0.4, -0.2) is 14.2 Å². The second kappa shape index (κ2) is 4.31. The summed E-state index contributed by atoms with van der Waals surface area (Å²) in [5, 5.41) is 0. The Morgan fingerprint density at radius 1 is 1.14 bits per heavy atom. The number of halogens is 1. The molecule has 3 heteroatoms. The SMILES string of the molecule is COc1cc(F)cc(C(C)C)c1OC. The predicted molar refractivity (Wildman–Crippen MR) is 53.6 cm³/mol. The quantitative estimate of drug-likeness (QED) is 0.743. The van der Waals surface area contributed by atoms with Crippen LogP contribution in [0.15, 0.2) is 12.1 Å². The Morgan fingerprint density at radius 3 is 2.21 bits per heavy atom. The van der Waals surface area contributed by atoms with Gasteiger partial charge < -0.3 is 9.47 Å². The maximum absolute atomic E-state index is 13.2. The Hall–Kier alpha value is -1.25. The summed E-state index contributed by atoms with van der Waals surface area (Å²) in [6, 6.07) is 2.80. The molecular weight excluding hydrogens is 183 g/mol. The molecule has 0 saturated carbocycles. The first-order chi connectivity index (χ1) is 6.60. The summed E-state index contributed by atoms with van der Waals surface area (Å²) in [6.07, 6.45) is 0. The van der Waals surface area contributed by atoms with E-state index in [1.54, 1.807) is 7.11 Å². The van der Waals surface area contributed by atoms with Crippen molar-refractivity contribution in [3.63, 3.8) is 0 Å². The molecule has 0 heterocycles. The topological polar surface area (TPSA) is 18.5 Å². The van der Waals surface area contributed by atoms with Crippen LogP contribution < -0.4 is 9.47 Å². The fraction of sp³-hybridized carbons (Fsp3) is 0.455. The zero-order chi connectivity index (χ0) is 10.7. The summed E-state index contributed by atoms with van der Waals surface area (Å²) < 4.78 is 23.4. The van der Waals surface area contributed by atoms with Gasteiger partial charge in [-0.15, -0.1) is 0 Å². The summed E-state index contributed by atoms with van der Waals surface area (Å²) in [5.41, 5.74) is 0.823. The molecule has 0 radical (unpaired) electrons. The van der Waals surface area contributed by atoms with Gasteiger partial charge in [0.15, 0.2) is 11.5 Å². The molecule has 0 fully saturated rings. The number of hydrogen-bond donors (Lipinski definition) is 0. The van der Waals surface area contributed by atoms with Crippen molar-refractivity contribution in [3.05, 3.63) is 23.5 Å². The highest BCUT2D eigenvalue weighted by molar-refractivity contribution is 5.48. The monoisotopic (exact) mass is 198 g/mol. The van der Waals surface area contributed by atoms with Gasteiger partial charge in [-0.3, -0.25) is 0 Å². The van der Waals surface area contributed by atoms with Crippen LogP contribution in [0.3, 0.4) is 0 Å². The van der Waals surface area contributed by atoms with Crippen LogP contribution in [0.5, 0.6) is 11.5 Å². The molecule has 0 aliphatic rings. The van der Waals surface area contributed by atoms with E-state index in [2.05, 4.69) is 0 Å². The molecule has 14 heavy (non-hydrogen) atoms. The second-order valence-electron chi connectivity index (χ2n) is 3.39. The van der Waals surface area contributed by atoms with Crippen molar-refractivity contribution in [2.45, 2.75) is 19.8 Å². The average Bonchev–Trinajstić information content (AvgIpc) is 2.16. The maximum atomic E-state index is 13.2. The molecule has 78 valence electrons. The summed E-state index contributed by atoms with van der Waals surface area (Å²) in [4.78, 5) is 0. The molecule has 1 rings (SSSR count). The zero-order valence-electron chi connectivity index (χ0n) is 8.93. The largest absolute Gasteiger partial charge is 0.493 e. The highest BCUT2D eigenvalue weighted by atomic mass is 19.1. The minimum absolute atomic E-state index is 0.203. The van der Waals surface area contributed by atoms with Gasteiger partial charge in [0.05, 0.1) is 14.2 Å². The first kappa shape index (κ1) is 10.8. The highest BCUT2D eigenvalue weighted by Gasteiger charge is 2.14. The molecule has 0 N–H and O–H groups in total. The molecule has 0 spiro atoms. The summed E-state index contributed by atoms with van der Waals surface area (Å²) >= 11 is 0. The van der Waals surface area contributed by atoms with E-state index in [-0.39, 0.29) is 11.7 Å². The third-order valence-corrected chi connectivity index (χ3v) is 2.09. The van der Waals surface area contributed by atoms with E-state index in [0.717, 1.165) is 5.56 Å². The number of rotatable bonds is 3. The Bertz CT molecular complexity index is 321. The van der Waals surface area contributed by atoms with Crippen LogP contribution >= 0.6 is 0 Å². The Balaban J connectivity index is 3.31. The van der Waals surface area contributed by atoms with Gasteiger partial charge in [-0.25, -0.2) is 4.39 Å². The van der Waals surface area contributed by atoms with E-state index in [1.807, 2.05) is 13.8 Å². The van der Waals surface area contributed by atoms with Crippen molar-refractivity contribution in [2.75, 3.05) is 14.2 Å². The molecule has 0 unspecified atom stereocenters.